The van der Waals surface area contributed by atoms with Crippen LogP contribution in [0, 0.1) is 5.92 Å². The lowest BCUT2D eigenvalue weighted by atomic mass is 10.2. The molecule has 3 rings (SSSR count). The first-order valence-corrected chi connectivity index (χ1v) is 7.11. The first-order chi connectivity index (χ1) is 10.1. The van der Waals surface area contributed by atoms with Gasteiger partial charge >= 0.3 is 0 Å². The molecule has 0 aliphatic carbocycles. The number of imidazole rings is 1. The summed E-state index contributed by atoms with van der Waals surface area (Å²) in [4.78, 5) is 7.93. The monoisotopic (exact) mass is 281 g/mol. The molecule has 1 heterocycles. The van der Waals surface area contributed by atoms with Gasteiger partial charge in [0.1, 0.15) is 11.6 Å². The molecule has 0 unspecified atom stereocenters. The maximum Gasteiger partial charge on any atom is 0.142 e. The average molecular weight is 281 g/mol. The lowest BCUT2D eigenvalue weighted by molar-refractivity contribution is 0.272. The van der Waals surface area contributed by atoms with Crippen LogP contribution in [0.5, 0.6) is 5.75 Å². The van der Waals surface area contributed by atoms with Crippen LogP contribution in [0.2, 0.25) is 0 Å². The topological polar surface area (TPSA) is 63.9 Å². The van der Waals surface area contributed by atoms with Gasteiger partial charge < -0.3 is 15.5 Å². The SMILES string of the molecule is CC(C)COc1ccccc1-c1nc2ccc(N)cc2[nH]1. The van der Waals surface area contributed by atoms with Crippen molar-refractivity contribution in [2.75, 3.05) is 12.3 Å². The summed E-state index contributed by atoms with van der Waals surface area (Å²) < 4.78 is 5.89. The zero-order chi connectivity index (χ0) is 14.8. The van der Waals surface area contributed by atoms with Gasteiger partial charge in [-0.05, 0) is 36.2 Å². The second kappa shape index (κ2) is 5.48. The molecule has 0 saturated heterocycles. The Labute approximate surface area is 124 Å². The number of nitrogen functional groups attached to an aromatic ring is 1. The first-order valence-electron chi connectivity index (χ1n) is 7.11. The minimum Gasteiger partial charge on any atom is -0.493 e. The molecule has 2 aromatic carbocycles. The molecule has 0 saturated carbocycles. The van der Waals surface area contributed by atoms with E-state index in [0.29, 0.717) is 12.5 Å². The van der Waals surface area contributed by atoms with Crippen LogP contribution in [0.4, 0.5) is 5.69 Å². The Morgan fingerprint density at radius 2 is 2.00 bits per heavy atom. The van der Waals surface area contributed by atoms with Gasteiger partial charge in [-0.15, -0.1) is 0 Å². The second-order valence-corrected chi connectivity index (χ2v) is 5.56. The van der Waals surface area contributed by atoms with Crippen LogP contribution in [0.3, 0.4) is 0 Å². The number of nitrogens with zero attached hydrogens (tertiary/aromatic N) is 1. The number of benzene rings is 2. The molecule has 0 spiro atoms. The van der Waals surface area contributed by atoms with Crippen molar-refractivity contribution in [3.63, 3.8) is 0 Å². The summed E-state index contributed by atoms with van der Waals surface area (Å²) in [5, 5.41) is 0. The highest BCUT2D eigenvalue weighted by molar-refractivity contribution is 5.83. The second-order valence-electron chi connectivity index (χ2n) is 5.56. The maximum atomic E-state index is 5.89. The highest BCUT2D eigenvalue weighted by atomic mass is 16.5. The fraction of sp³-hybridized carbons (Fsp3) is 0.235. The summed E-state index contributed by atoms with van der Waals surface area (Å²) in [7, 11) is 0. The van der Waals surface area contributed by atoms with Crippen molar-refractivity contribution in [2.24, 2.45) is 5.92 Å². The number of aromatic nitrogens is 2. The third-order valence-electron chi connectivity index (χ3n) is 3.22. The molecule has 108 valence electrons. The third kappa shape index (κ3) is 2.84. The van der Waals surface area contributed by atoms with Crippen LogP contribution in [-0.2, 0) is 0 Å². The van der Waals surface area contributed by atoms with E-state index >= 15 is 0 Å². The molecule has 1 aromatic heterocycles. The van der Waals surface area contributed by atoms with E-state index in [1.165, 1.54) is 0 Å². The van der Waals surface area contributed by atoms with Crippen molar-refractivity contribution in [3.8, 4) is 17.1 Å². The smallest absolute Gasteiger partial charge is 0.142 e. The van der Waals surface area contributed by atoms with Gasteiger partial charge in [0.25, 0.3) is 0 Å². The first kappa shape index (κ1) is 13.5. The van der Waals surface area contributed by atoms with Gasteiger partial charge in [0, 0.05) is 5.69 Å². The standard InChI is InChI=1S/C17H19N3O/c1-11(2)10-21-16-6-4-3-5-13(16)17-19-14-8-7-12(18)9-15(14)20-17/h3-9,11H,10,18H2,1-2H3,(H,19,20). The fourth-order valence-corrected chi connectivity index (χ4v) is 2.20. The molecule has 0 radical (unpaired) electrons. The lowest BCUT2D eigenvalue weighted by Crippen LogP contribution is -2.05. The molecule has 0 bridgehead atoms. The Morgan fingerprint density at radius 3 is 2.81 bits per heavy atom. The Morgan fingerprint density at radius 1 is 1.19 bits per heavy atom. The number of rotatable bonds is 4. The molecule has 21 heavy (non-hydrogen) atoms. The van der Waals surface area contributed by atoms with Crippen LogP contribution in [0.15, 0.2) is 42.5 Å². The minimum atomic E-state index is 0.480. The Hall–Kier alpha value is -2.49. The van der Waals surface area contributed by atoms with E-state index in [4.69, 9.17) is 10.5 Å². The zero-order valence-corrected chi connectivity index (χ0v) is 12.3. The Balaban J connectivity index is 2.01. The molecule has 0 aliphatic heterocycles. The number of anilines is 1. The molecule has 0 amide bonds. The van der Waals surface area contributed by atoms with E-state index < -0.39 is 0 Å². The molecular formula is C17H19N3O. The third-order valence-corrected chi connectivity index (χ3v) is 3.22. The maximum absolute atomic E-state index is 5.89. The zero-order valence-electron chi connectivity index (χ0n) is 12.3. The number of H-pyrrole nitrogens is 1. The van der Waals surface area contributed by atoms with Gasteiger partial charge in [-0.3, -0.25) is 0 Å². The highest BCUT2D eigenvalue weighted by Crippen LogP contribution is 2.30. The Kier molecular flexibility index (Phi) is 3.52. The summed E-state index contributed by atoms with van der Waals surface area (Å²) in [6.45, 7) is 4.95. The number of para-hydroxylation sites is 1. The quantitative estimate of drug-likeness (QED) is 0.714. The summed E-state index contributed by atoms with van der Waals surface area (Å²) >= 11 is 0. The van der Waals surface area contributed by atoms with Crippen LogP contribution in [-0.4, -0.2) is 16.6 Å². The number of aromatic amines is 1. The van der Waals surface area contributed by atoms with Crippen molar-refractivity contribution in [1.29, 1.82) is 0 Å². The minimum absolute atomic E-state index is 0.480. The molecule has 0 aliphatic rings. The molecule has 4 heteroatoms. The number of hydrogen-bond acceptors (Lipinski definition) is 3. The van der Waals surface area contributed by atoms with Gasteiger partial charge in [-0.2, -0.15) is 0 Å². The highest BCUT2D eigenvalue weighted by Gasteiger charge is 2.11. The van der Waals surface area contributed by atoms with Crippen molar-refractivity contribution in [2.45, 2.75) is 13.8 Å². The molecular weight excluding hydrogens is 262 g/mol. The normalized spacial score (nSPS) is 11.2. The number of fused-ring (bicyclic) bond motifs is 1. The van der Waals surface area contributed by atoms with Crippen LogP contribution in [0.1, 0.15) is 13.8 Å². The predicted octanol–water partition coefficient (Wildman–Crippen LogP) is 3.85. The molecule has 0 fully saturated rings. The van der Waals surface area contributed by atoms with Crippen molar-refractivity contribution < 1.29 is 4.74 Å². The molecule has 3 aromatic rings. The van der Waals surface area contributed by atoms with E-state index in [1.54, 1.807) is 0 Å². The van der Waals surface area contributed by atoms with Crippen molar-refractivity contribution in [3.05, 3.63) is 42.5 Å². The van der Waals surface area contributed by atoms with Gasteiger partial charge in [0.2, 0.25) is 0 Å². The molecule has 4 nitrogen and oxygen atoms in total. The van der Waals surface area contributed by atoms with Gasteiger partial charge in [0.15, 0.2) is 0 Å². The van der Waals surface area contributed by atoms with E-state index in [-0.39, 0.29) is 0 Å². The lowest BCUT2D eigenvalue weighted by Gasteiger charge is -2.11. The largest absolute Gasteiger partial charge is 0.493 e. The number of hydrogen-bond donors (Lipinski definition) is 2. The number of nitrogens with two attached hydrogens (primary N) is 1. The number of nitrogens with one attached hydrogen (secondary N) is 1. The van der Waals surface area contributed by atoms with E-state index in [2.05, 4.69) is 23.8 Å². The summed E-state index contributed by atoms with van der Waals surface area (Å²) in [6.07, 6.45) is 0. The molecule has 3 N–H and O–H groups in total. The summed E-state index contributed by atoms with van der Waals surface area (Å²) in [5.74, 6) is 2.13. The van der Waals surface area contributed by atoms with Gasteiger partial charge in [-0.1, -0.05) is 26.0 Å². The van der Waals surface area contributed by atoms with E-state index in [9.17, 15) is 0 Å². The van der Waals surface area contributed by atoms with Crippen LogP contribution in [0.25, 0.3) is 22.4 Å². The van der Waals surface area contributed by atoms with E-state index in [1.807, 2.05) is 42.5 Å². The van der Waals surface area contributed by atoms with Crippen LogP contribution >= 0.6 is 0 Å². The van der Waals surface area contributed by atoms with E-state index in [0.717, 1.165) is 33.9 Å². The average Bonchev–Trinajstić information content (AvgIpc) is 2.88. The van der Waals surface area contributed by atoms with Crippen LogP contribution < -0.4 is 10.5 Å². The molecule has 0 atom stereocenters. The van der Waals surface area contributed by atoms with Gasteiger partial charge in [-0.25, -0.2) is 4.98 Å². The summed E-state index contributed by atoms with van der Waals surface area (Å²) in [5.41, 5.74) is 9.33. The number of ether oxygens (including phenoxy) is 1. The van der Waals surface area contributed by atoms with Gasteiger partial charge in [0.05, 0.1) is 23.2 Å². The predicted molar refractivity (Wildman–Crippen MR) is 86.3 cm³/mol. The van der Waals surface area contributed by atoms with Crippen molar-refractivity contribution in [1.82, 2.24) is 9.97 Å². The fourth-order valence-electron chi connectivity index (χ4n) is 2.20. The Bertz CT molecular complexity index is 762. The summed E-state index contributed by atoms with van der Waals surface area (Å²) in [6, 6.07) is 13.6. The van der Waals surface area contributed by atoms with Crippen molar-refractivity contribution >= 4 is 16.7 Å².